The molecule has 0 spiro atoms. The van der Waals surface area contributed by atoms with Crippen molar-refractivity contribution in [3.63, 3.8) is 0 Å². The molecule has 0 bridgehead atoms. The topological polar surface area (TPSA) is 32.3 Å². The molecule has 0 N–H and O–H groups in total. The molecule has 4 heteroatoms. The lowest BCUT2D eigenvalue weighted by Gasteiger charge is -2.21. The fourth-order valence-corrected chi connectivity index (χ4v) is 3.14. The predicted octanol–water partition coefficient (Wildman–Crippen LogP) is 2.77. The average Bonchev–Trinajstić information content (AvgIpc) is 3.17. The SMILES string of the molecule is c1ccc2c(c1)CCN2c1ccnc(N2CCCC2)n1. The van der Waals surface area contributed by atoms with Crippen LogP contribution in [0.5, 0.6) is 0 Å². The molecule has 2 aliphatic heterocycles. The quantitative estimate of drug-likeness (QED) is 0.836. The Balaban J connectivity index is 1.68. The Hall–Kier alpha value is -2.10. The molecule has 20 heavy (non-hydrogen) atoms. The molecule has 1 saturated heterocycles. The summed E-state index contributed by atoms with van der Waals surface area (Å²) in [6, 6.07) is 10.6. The van der Waals surface area contributed by atoms with Gasteiger partial charge in [-0.15, -0.1) is 0 Å². The summed E-state index contributed by atoms with van der Waals surface area (Å²) in [5.74, 6) is 1.90. The molecule has 2 aliphatic rings. The first kappa shape index (κ1) is 11.7. The maximum Gasteiger partial charge on any atom is 0.227 e. The maximum absolute atomic E-state index is 4.78. The predicted molar refractivity (Wildman–Crippen MR) is 80.6 cm³/mol. The average molecular weight is 266 g/mol. The zero-order chi connectivity index (χ0) is 13.4. The summed E-state index contributed by atoms with van der Waals surface area (Å²) in [5, 5.41) is 0. The van der Waals surface area contributed by atoms with Gasteiger partial charge < -0.3 is 9.80 Å². The van der Waals surface area contributed by atoms with Crippen LogP contribution >= 0.6 is 0 Å². The van der Waals surface area contributed by atoms with Gasteiger partial charge in [-0.1, -0.05) is 18.2 Å². The standard InChI is InChI=1S/C16H18N4/c1-2-6-14-13(5-1)8-12-20(14)15-7-9-17-16(18-15)19-10-3-4-11-19/h1-2,5-7,9H,3-4,8,10-12H2. The second kappa shape index (κ2) is 4.78. The van der Waals surface area contributed by atoms with Gasteiger partial charge in [0.05, 0.1) is 0 Å². The van der Waals surface area contributed by atoms with Crippen LogP contribution < -0.4 is 9.80 Å². The monoisotopic (exact) mass is 266 g/mol. The Labute approximate surface area is 119 Å². The van der Waals surface area contributed by atoms with E-state index in [-0.39, 0.29) is 0 Å². The van der Waals surface area contributed by atoms with E-state index in [2.05, 4.69) is 39.0 Å². The van der Waals surface area contributed by atoms with Gasteiger partial charge >= 0.3 is 0 Å². The number of nitrogens with zero attached hydrogens (tertiary/aromatic N) is 4. The van der Waals surface area contributed by atoms with Crippen molar-refractivity contribution in [3.8, 4) is 0 Å². The van der Waals surface area contributed by atoms with Gasteiger partial charge in [-0.05, 0) is 37.0 Å². The first-order valence-electron chi connectivity index (χ1n) is 7.35. The van der Waals surface area contributed by atoms with Crippen LogP contribution in [0.4, 0.5) is 17.5 Å². The van der Waals surface area contributed by atoms with Crippen LogP contribution in [0, 0.1) is 0 Å². The van der Waals surface area contributed by atoms with E-state index in [0.717, 1.165) is 37.8 Å². The number of para-hydroxylation sites is 1. The summed E-state index contributed by atoms with van der Waals surface area (Å²) in [6.07, 6.45) is 5.48. The molecule has 1 aromatic heterocycles. The number of anilines is 3. The lowest BCUT2D eigenvalue weighted by Crippen LogP contribution is -2.22. The highest BCUT2D eigenvalue weighted by molar-refractivity contribution is 5.67. The molecule has 1 aromatic carbocycles. The van der Waals surface area contributed by atoms with Crippen molar-refractivity contribution in [3.05, 3.63) is 42.1 Å². The summed E-state index contributed by atoms with van der Waals surface area (Å²) in [4.78, 5) is 13.8. The summed E-state index contributed by atoms with van der Waals surface area (Å²) in [7, 11) is 0. The van der Waals surface area contributed by atoms with Gasteiger partial charge in [-0.2, -0.15) is 4.98 Å². The molecule has 0 saturated carbocycles. The second-order valence-electron chi connectivity index (χ2n) is 5.44. The van der Waals surface area contributed by atoms with Gasteiger partial charge in [0, 0.05) is 31.5 Å². The minimum atomic E-state index is 0.879. The van der Waals surface area contributed by atoms with Crippen LogP contribution in [0.2, 0.25) is 0 Å². The normalized spacial score (nSPS) is 17.6. The lowest BCUT2D eigenvalue weighted by molar-refractivity contribution is 0.884. The van der Waals surface area contributed by atoms with E-state index in [1.165, 1.54) is 24.1 Å². The molecular weight excluding hydrogens is 248 g/mol. The van der Waals surface area contributed by atoms with Crippen molar-refractivity contribution in [2.45, 2.75) is 19.3 Å². The van der Waals surface area contributed by atoms with Crippen LogP contribution in [0.25, 0.3) is 0 Å². The number of aromatic nitrogens is 2. The van der Waals surface area contributed by atoms with Crippen molar-refractivity contribution in [1.29, 1.82) is 0 Å². The third-order valence-electron chi connectivity index (χ3n) is 4.18. The summed E-state index contributed by atoms with van der Waals surface area (Å²) < 4.78 is 0. The number of hydrogen-bond acceptors (Lipinski definition) is 4. The van der Waals surface area contributed by atoms with Crippen molar-refractivity contribution >= 4 is 17.5 Å². The zero-order valence-electron chi connectivity index (χ0n) is 11.5. The Morgan fingerprint density at radius 1 is 0.950 bits per heavy atom. The maximum atomic E-state index is 4.78. The van der Waals surface area contributed by atoms with E-state index in [9.17, 15) is 0 Å². The van der Waals surface area contributed by atoms with Crippen molar-refractivity contribution in [2.24, 2.45) is 0 Å². The molecule has 0 radical (unpaired) electrons. The molecule has 1 fully saturated rings. The lowest BCUT2D eigenvalue weighted by atomic mass is 10.2. The molecule has 0 unspecified atom stereocenters. The van der Waals surface area contributed by atoms with Gasteiger partial charge in [0.2, 0.25) is 5.95 Å². The molecule has 4 nitrogen and oxygen atoms in total. The number of hydrogen-bond donors (Lipinski definition) is 0. The highest BCUT2D eigenvalue weighted by Crippen LogP contribution is 2.33. The van der Waals surface area contributed by atoms with Crippen LogP contribution in [-0.4, -0.2) is 29.6 Å². The van der Waals surface area contributed by atoms with Gasteiger partial charge in [0.1, 0.15) is 5.82 Å². The Kier molecular flexibility index (Phi) is 2.80. The molecular formula is C16H18N4. The zero-order valence-corrected chi connectivity index (χ0v) is 11.5. The minimum absolute atomic E-state index is 0.879. The molecule has 2 aromatic rings. The molecule has 3 heterocycles. The van der Waals surface area contributed by atoms with Gasteiger partial charge in [0.15, 0.2) is 0 Å². The highest BCUT2D eigenvalue weighted by Gasteiger charge is 2.22. The van der Waals surface area contributed by atoms with Crippen molar-refractivity contribution < 1.29 is 0 Å². The van der Waals surface area contributed by atoms with Gasteiger partial charge in [-0.3, -0.25) is 0 Å². The smallest absolute Gasteiger partial charge is 0.227 e. The summed E-state index contributed by atoms with van der Waals surface area (Å²) in [5.41, 5.74) is 2.70. The van der Waals surface area contributed by atoms with Gasteiger partial charge in [-0.25, -0.2) is 4.98 Å². The second-order valence-corrected chi connectivity index (χ2v) is 5.44. The number of benzene rings is 1. The molecule has 102 valence electrons. The van der Waals surface area contributed by atoms with E-state index < -0.39 is 0 Å². The minimum Gasteiger partial charge on any atom is -0.341 e. The highest BCUT2D eigenvalue weighted by atomic mass is 15.3. The van der Waals surface area contributed by atoms with Crippen LogP contribution in [0.1, 0.15) is 18.4 Å². The van der Waals surface area contributed by atoms with Crippen LogP contribution in [0.3, 0.4) is 0 Å². The molecule has 4 rings (SSSR count). The fraction of sp³-hybridized carbons (Fsp3) is 0.375. The van der Waals surface area contributed by atoms with E-state index in [1.54, 1.807) is 0 Å². The Morgan fingerprint density at radius 2 is 1.80 bits per heavy atom. The van der Waals surface area contributed by atoms with Crippen molar-refractivity contribution in [1.82, 2.24) is 9.97 Å². The van der Waals surface area contributed by atoms with Crippen LogP contribution in [-0.2, 0) is 6.42 Å². The third kappa shape index (κ3) is 1.92. The molecule has 0 atom stereocenters. The fourth-order valence-electron chi connectivity index (χ4n) is 3.14. The van der Waals surface area contributed by atoms with E-state index in [4.69, 9.17) is 4.98 Å². The van der Waals surface area contributed by atoms with Crippen LogP contribution in [0.15, 0.2) is 36.5 Å². The summed E-state index contributed by atoms with van der Waals surface area (Å²) >= 11 is 0. The van der Waals surface area contributed by atoms with Gasteiger partial charge in [0.25, 0.3) is 0 Å². The molecule has 0 aliphatic carbocycles. The molecule has 0 amide bonds. The van der Waals surface area contributed by atoms with E-state index in [1.807, 2.05) is 12.3 Å². The first-order valence-corrected chi connectivity index (χ1v) is 7.35. The number of fused-ring (bicyclic) bond motifs is 1. The third-order valence-corrected chi connectivity index (χ3v) is 4.18. The van der Waals surface area contributed by atoms with E-state index in [0.29, 0.717) is 0 Å². The number of rotatable bonds is 2. The largest absolute Gasteiger partial charge is 0.341 e. The van der Waals surface area contributed by atoms with Crippen molar-refractivity contribution in [2.75, 3.05) is 29.4 Å². The first-order chi connectivity index (χ1) is 9.92. The van der Waals surface area contributed by atoms with E-state index >= 15 is 0 Å². The Morgan fingerprint density at radius 3 is 2.70 bits per heavy atom. The Bertz CT molecular complexity index is 619. The summed E-state index contributed by atoms with van der Waals surface area (Å²) in [6.45, 7) is 3.18.